The normalized spacial score (nSPS) is 14.5. The van der Waals surface area contributed by atoms with E-state index in [1.54, 1.807) is 11.1 Å². The molecule has 2 N–H and O–H groups in total. The lowest BCUT2D eigenvalue weighted by Gasteiger charge is -2.26. The van der Waals surface area contributed by atoms with Gasteiger partial charge in [0, 0.05) is 30.7 Å². The van der Waals surface area contributed by atoms with Gasteiger partial charge in [0.1, 0.15) is 11.5 Å². The van der Waals surface area contributed by atoms with Crippen molar-refractivity contribution in [1.29, 1.82) is 0 Å². The number of morpholine rings is 1. The van der Waals surface area contributed by atoms with Crippen LogP contribution in [-0.2, 0) is 11.3 Å². The summed E-state index contributed by atoms with van der Waals surface area (Å²) >= 11 is 0. The van der Waals surface area contributed by atoms with Gasteiger partial charge in [-0.15, -0.1) is 0 Å². The van der Waals surface area contributed by atoms with Crippen molar-refractivity contribution in [2.75, 3.05) is 31.6 Å². The number of ether oxygens (including phenoxy) is 1. The van der Waals surface area contributed by atoms with Crippen LogP contribution in [0.25, 0.3) is 10.9 Å². The van der Waals surface area contributed by atoms with Crippen molar-refractivity contribution in [2.45, 2.75) is 27.3 Å². The summed E-state index contributed by atoms with van der Waals surface area (Å²) < 4.78 is 5.31. The van der Waals surface area contributed by atoms with Crippen molar-refractivity contribution in [3.05, 3.63) is 52.6 Å². The molecule has 0 unspecified atom stereocenters. The largest absolute Gasteiger partial charge is 0.378 e. The number of anilines is 1. The Hall–Kier alpha value is -2.93. The Kier molecular flexibility index (Phi) is 5.00. The zero-order valence-electron chi connectivity index (χ0n) is 16.5. The third-order valence-electron chi connectivity index (χ3n) is 5.26. The first-order chi connectivity index (χ1) is 13.5. The summed E-state index contributed by atoms with van der Waals surface area (Å²) in [5, 5.41) is 4.57. The molecule has 146 valence electrons. The van der Waals surface area contributed by atoms with E-state index in [4.69, 9.17) is 4.74 Å². The molecule has 3 aromatic rings. The molecule has 0 radical (unpaired) electrons. The van der Waals surface area contributed by atoms with E-state index in [1.807, 2.05) is 0 Å². The Morgan fingerprint density at radius 3 is 2.79 bits per heavy atom. The minimum Gasteiger partial charge on any atom is -0.378 e. The van der Waals surface area contributed by atoms with E-state index >= 15 is 0 Å². The number of benzene rings is 1. The van der Waals surface area contributed by atoms with Gasteiger partial charge in [0.25, 0.3) is 5.91 Å². The zero-order valence-corrected chi connectivity index (χ0v) is 16.5. The average Bonchev–Trinajstić information content (AvgIpc) is 3.01. The third kappa shape index (κ3) is 3.57. The topological polar surface area (TPSA) is 83.1 Å². The number of amides is 1. The van der Waals surface area contributed by atoms with Crippen LogP contribution in [0, 0.1) is 20.8 Å². The van der Waals surface area contributed by atoms with E-state index in [2.05, 4.69) is 53.2 Å². The Morgan fingerprint density at radius 2 is 2.00 bits per heavy atom. The molecular formula is C21H25N5O2. The monoisotopic (exact) mass is 379 g/mol. The third-order valence-corrected chi connectivity index (χ3v) is 5.26. The van der Waals surface area contributed by atoms with Gasteiger partial charge in [-0.2, -0.15) is 0 Å². The van der Waals surface area contributed by atoms with E-state index in [0.717, 1.165) is 11.1 Å². The molecular weight excluding hydrogens is 354 g/mol. The van der Waals surface area contributed by atoms with Gasteiger partial charge in [-0.05, 0) is 38.0 Å². The first kappa shape index (κ1) is 18.4. The molecule has 1 aromatic carbocycles. The van der Waals surface area contributed by atoms with E-state index in [-0.39, 0.29) is 5.91 Å². The second-order valence-corrected chi connectivity index (χ2v) is 7.27. The van der Waals surface area contributed by atoms with Gasteiger partial charge in [0.2, 0.25) is 0 Å². The van der Waals surface area contributed by atoms with Gasteiger partial charge in [0.05, 0.1) is 31.1 Å². The van der Waals surface area contributed by atoms with Gasteiger partial charge in [-0.1, -0.05) is 11.6 Å². The standard InChI is InChI=1S/C21H25N5O2/c1-13-8-16(20-17(9-13)14(2)15(3)24-20)10-23-19-12-22-11-18(25-19)21(27)26-4-6-28-7-5-26/h8-9,11-12,24H,4-7,10H2,1-3H3,(H,23,25). The Morgan fingerprint density at radius 1 is 1.21 bits per heavy atom. The van der Waals surface area contributed by atoms with Crippen LogP contribution in [-0.4, -0.2) is 52.1 Å². The van der Waals surface area contributed by atoms with E-state index in [1.165, 1.54) is 28.4 Å². The van der Waals surface area contributed by atoms with Crippen LogP contribution in [0.4, 0.5) is 5.82 Å². The van der Waals surface area contributed by atoms with E-state index in [9.17, 15) is 4.79 Å². The van der Waals surface area contributed by atoms with Crippen molar-refractivity contribution < 1.29 is 9.53 Å². The summed E-state index contributed by atoms with van der Waals surface area (Å²) in [4.78, 5) is 26.5. The number of rotatable bonds is 4. The summed E-state index contributed by atoms with van der Waals surface area (Å²) in [6, 6.07) is 4.37. The first-order valence-corrected chi connectivity index (χ1v) is 9.54. The van der Waals surface area contributed by atoms with Gasteiger partial charge in [0.15, 0.2) is 0 Å². The maximum Gasteiger partial charge on any atom is 0.274 e. The molecule has 3 heterocycles. The molecule has 1 fully saturated rings. The molecule has 2 aromatic heterocycles. The van der Waals surface area contributed by atoms with Crippen LogP contribution in [0.5, 0.6) is 0 Å². The number of hydrogen-bond acceptors (Lipinski definition) is 5. The van der Waals surface area contributed by atoms with Gasteiger partial charge >= 0.3 is 0 Å². The minimum absolute atomic E-state index is 0.104. The number of nitrogens with one attached hydrogen (secondary N) is 2. The highest BCUT2D eigenvalue weighted by Gasteiger charge is 2.20. The van der Waals surface area contributed by atoms with E-state index in [0.29, 0.717) is 44.4 Å². The minimum atomic E-state index is -0.104. The van der Waals surface area contributed by atoms with Crippen molar-refractivity contribution >= 4 is 22.6 Å². The van der Waals surface area contributed by atoms with Gasteiger partial charge in [-0.25, -0.2) is 4.98 Å². The fourth-order valence-electron chi connectivity index (χ4n) is 3.60. The molecule has 0 bridgehead atoms. The number of carbonyl (C=O) groups excluding carboxylic acids is 1. The van der Waals surface area contributed by atoms with Crippen molar-refractivity contribution in [2.24, 2.45) is 0 Å². The molecule has 1 aliphatic heterocycles. The SMILES string of the molecule is Cc1cc(CNc2cncc(C(=O)N3CCOCC3)n2)c2[nH]c(C)c(C)c2c1. The molecule has 1 amide bonds. The quantitative estimate of drug-likeness (QED) is 0.728. The highest BCUT2D eigenvalue weighted by atomic mass is 16.5. The number of hydrogen-bond donors (Lipinski definition) is 2. The predicted octanol–water partition coefficient (Wildman–Crippen LogP) is 2.97. The number of fused-ring (bicyclic) bond motifs is 1. The van der Waals surface area contributed by atoms with Crippen LogP contribution in [0.1, 0.15) is 32.9 Å². The summed E-state index contributed by atoms with van der Waals surface area (Å²) in [7, 11) is 0. The van der Waals surface area contributed by atoms with Crippen molar-refractivity contribution in [3.8, 4) is 0 Å². The highest BCUT2D eigenvalue weighted by Crippen LogP contribution is 2.26. The number of aromatic nitrogens is 3. The molecule has 0 aliphatic carbocycles. The van der Waals surface area contributed by atoms with Crippen LogP contribution in [0.2, 0.25) is 0 Å². The summed E-state index contributed by atoms with van der Waals surface area (Å²) in [6.07, 6.45) is 3.17. The number of H-pyrrole nitrogens is 1. The molecule has 7 heteroatoms. The number of carbonyl (C=O) groups is 1. The molecule has 1 saturated heterocycles. The second-order valence-electron chi connectivity index (χ2n) is 7.27. The Balaban J connectivity index is 1.54. The molecule has 1 aliphatic rings. The lowest BCUT2D eigenvalue weighted by atomic mass is 10.0. The molecule has 7 nitrogen and oxygen atoms in total. The number of aromatic amines is 1. The summed E-state index contributed by atoms with van der Waals surface area (Å²) in [5.74, 6) is 0.488. The smallest absolute Gasteiger partial charge is 0.274 e. The fraction of sp³-hybridized carbons (Fsp3) is 0.381. The highest BCUT2D eigenvalue weighted by molar-refractivity contribution is 5.92. The average molecular weight is 379 g/mol. The van der Waals surface area contributed by atoms with Crippen LogP contribution >= 0.6 is 0 Å². The fourth-order valence-corrected chi connectivity index (χ4v) is 3.60. The first-order valence-electron chi connectivity index (χ1n) is 9.54. The lowest BCUT2D eigenvalue weighted by Crippen LogP contribution is -2.41. The Bertz CT molecular complexity index is 1020. The van der Waals surface area contributed by atoms with Crippen molar-refractivity contribution in [1.82, 2.24) is 19.9 Å². The summed E-state index contributed by atoms with van der Waals surface area (Å²) in [5.41, 5.74) is 6.33. The van der Waals surface area contributed by atoms with Crippen LogP contribution in [0.15, 0.2) is 24.5 Å². The summed E-state index contributed by atoms with van der Waals surface area (Å²) in [6.45, 7) is 9.24. The Labute approximate surface area is 164 Å². The zero-order chi connectivity index (χ0) is 19.7. The van der Waals surface area contributed by atoms with Crippen LogP contribution < -0.4 is 5.32 Å². The van der Waals surface area contributed by atoms with E-state index < -0.39 is 0 Å². The molecule has 28 heavy (non-hydrogen) atoms. The molecule has 0 saturated carbocycles. The predicted molar refractivity (Wildman–Crippen MR) is 109 cm³/mol. The number of aryl methyl sites for hydroxylation is 3. The van der Waals surface area contributed by atoms with Crippen LogP contribution in [0.3, 0.4) is 0 Å². The lowest BCUT2D eigenvalue weighted by molar-refractivity contribution is 0.0299. The maximum absolute atomic E-state index is 12.6. The number of nitrogens with zero attached hydrogens (tertiary/aromatic N) is 3. The van der Waals surface area contributed by atoms with Gasteiger partial charge in [-0.3, -0.25) is 9.78 Å². The van der Waals surface area contributed by atoms with Crippen molar-refractivity contribution in [3.63, 3.8) is 0 Å². The molecule has 0 spiro atoms. The maximum atomic E-state index is 12.6. The molecule has 4 rings (SSSR count). The molecule has 0 atom stereocenters. The van der Waals surface area contributed by atoms with Gasteiger partial charge < -0.3 is 19.9 Å². The second kappa shape index (κ2) is 7.59.